The number of nitrogens with one attached hydrogen (secondary N) is 1. The zero-order valence-corrected chi connectivity index (χ0v) is 11.8. The number of nitro groups is 1. The van der Waals surface area contributed by atoms with Crippen LogP contribution in [-0.4, -0.2) is 16.5 Å². The average Bonchev–Trinajstić information content (AvgIpc) is 2.45. The highest BCUT2D eigenvalue weighted by atomic mass is 16.6. The van der Waals surface area contributed by atoms with Crippen LogP contribution >= 0.6 is 0 Å². The summed E-state index contributed by atoms with van der Waals surface area (Å²) in [5, 5.41) is 14.7. The molecule has 0 aliphatic rings. The van der Waals surface area contributed by atoms with E-state index in [0.29, 0.717) is 17.7 Å². The van der Waals surface area contributed by atoms with Crippen LogP contribution in [0.5, 0.6) is 0 Å². The summed E-state index contributed by atoms with van der Waals surface area (Å²) in [7, 11) is 0. The number of hydrogen-bond donors (Lipinski definition) is 1. The minimum absolute atomic E-state index is 0.00585. The molecule has 0 fully saturated rings. The fraction of sp³-hybridized carbons (Fsp3) is 0.429. The summed E-state index contributed by atoms with van der Waals surface area (Å²) in [6, 6.07) is 6.16. The van der Waals surface area contributed by atoms with Gasteiger partial charge in [-0.15, -0.1) is 0 Å². The molecule has 0 saturated heterocycles. The van der Waals surface area contributed by atoms with Crippen LogP contribution < -0.4 is 5.43 Å². The zero-order chi connectivity index (χ0) is 15.0. The number of rotatable bonds is 7. The Bertz CT molecular complexity index is 512. The molecule has 6 nitrogen and oxygen atoms in total. The SMILES string of the molecule is CCCCCC(=O)N/N=C(/C)c1cccc([N+](=O)[O-])c1. The molecule has 0 unspecified atom stereocenters. The number of hydrogen-bond acceptors (Lipinski definition) is 4. The summed E-state index contributed by atoms with van der Waals surface area (Å²) in [4.78, 5) is 21.7. The topological polar surface area (TPSA) is 84.6 Å². The molecule has 0 aromatic heterocycles. The van der Waals surface area contributed by atoms with Gasteiger partial charge in [-0.2, -0.15) is 5.10 Å². The summed E-state index contributed by atoms with van der Waals surface area (Å²) in [6.07, 6.45) is 3.36. The maximum absolute atomic E-state index is 11.5. The molecule has 0 aliphatic carbocycles. The third-order valence-corrected chi connectivity index (χ3v) is 2.83. The third kappa shape index (κ3) is 5.17. The monoisotopic (exact) mass is 277 g/mol. The minimum atomic E-state index is -0.458. The second-order valence-corrected chi connectivity index (χ2v) is 4.50. The van der Waals surface area contributed by atoms with Crippen molar-refractivity contribution < 1.29 is 9.72 Å². The molecule has 1 aromatic carbocycles. The van der Waals surface area contributed by atoms with Gasteiger partial charge in [0.15, 0.2) is 0 Å². The van der Waals surface area contributed by atoms with Gasteiger partial charge in [0.1, 0.15) is 0 Å². The first-order chi connectivity index (χ1) is 9.54. The summed E-state index contributed by atoms with van der Waals surface area (Å²) >= 11 is 0. The molecule has 0 bridgehead atoms. The summed E-state index contributed by atoms with van der Waals surface area (Å²) < 4.78 is 0. The van der Waals surface area contributed by atoms with Gasteiger partial charge < -0.3 is 0 Å². The number of nitrogens with zero attached hydrogens (tertiary/aromatic N) is 2. The fourth-order valence-electron chi connectivity index (χ4n) is 1.65. The van der Waals surface area contributed by atoms with Crippen molar-refractivity contribution in [3.8, 4) is 0 Å². The van der Waals surface area contributed by atoms with Gasteiger partial charge in [-0.3, -0.25) is 14.9 Å². The van der Waals surface area contributed by atoms with Gasteiger partial charge in [0.05, 0.1) is 10.6 Å². The number of amides is 1. The van der Waals surface area contributed by atoms with Crippen molar-refractivity contribution in [2.75, 3.05) is 0 Å². The Labute approximate surface area is 118 Å². The van der Waals surface area contributed by atoms with Crippen LogP contribution in [-0.2, 0) is 4.79 Å². The summed E-state index contributed by atoms with van der Waals surface area (Å²) in [6.45, 7) is 3.77. The molecule has 20 heavy (non-hydrogen) atoms. The van der Waals surface area contributed by atoms with E-state index >= 15 is 0 Å². The first-order valence-electron chi connectivity index (χ1n) is 6.62. The van der Waals surface area contributed by atoms with Crippen molar-refractivity contribution in [3.63, 3.8) is 0 Å². The van der Waals surface area contributed by atoms with E-state index in [-0.39, 0.29) is 11.6 Å². The van der Waals surface area contributed by atoms with Gasteiger partial charge >= 0.3 is 0 Å². The van der Waals surface area contributed by atoms with Crippen molar-refractivity contribution in [1.29, 1.82) is 0 Å². The Kier molecular flexibility index (Phi) is 6.36. The lowest BCUT2D eigenvalue weighted by molar-refractivity contribution is -0.384. The van der Waals surface area contributed by atoms with E-state index in [0.717, 1.165) is 19.3 Å². The third-order valence-electron chi connectivity index (χ3n) is 2.83. The first kappa shape index (κ1) is 15.8. The van der Waals surface area contributed by atoms with Crippen molar-refractivity contribution >= 4 is 17.3 Å². The molecule has 1 N–H and O–H groups in total. The second-order valence-electron chi connectivity index (χ2n) is 4.50. The molecule has 0 saturated carbocycles. The van der Waals surface area contributed by atoms with E-state index in [9.17, 15) is 14.9 Å². The Morgan fingerprint density at radius 1 is 1.40 bits per heavy atom. The van der Waals surface area contributed by atoms with E-state index in [4.69, 9.17) is 0 Å². The molecule has 0 aliphatic heterocycles. The van der Waals surface area contributed by atoms with Crippen LogP contribution in [0, 0.1) is 10.1 Å². The van der Waals surface area contributed by atoms with Crippen LogP contribution in [0.1, 0.15) is 45.1 Å². The van der Waals surface area contributed by atoms with Crippen molar-refractivity contribution in [2.45, 2.75) is 39.5 Å². The maximum atomic E-state index is 11.5. The smallest absolute Gasteiger partial charge is 0.270 e. The van der Waals surface area contributed by atoms with E-state index in [1.807, 2.05) is 0 Å². The number of nitro benzene ring substituents is 1. The number of hydrazone groups is 1. The number of carbonyl (C=O) groups is 1. The molecule has 1 rings (SSSR count). The Morgan fingerprint density at radius 3 is 2.80 bits per heavy atom. The van der Waals surface area contributed by atoms with Crippen molar-refractivity contribution in [1.82, 2.24) is 5.43 Å². The summed E-state index contributed by atoms with van der Waals surface area (Å²) in [5.74, 6) is -0.136. The Morgan fingerprint density at radius 2 is 2.15 bits per heavy atom. The molecular weight excluding hydrogens is 258 g/mol. The quantitative estimate of drug-likeness (QED) is 0.360. The molecule has 6 heteroatoms. The Hall–Kier alpha value is -2.24. The van der Waals surface area contributed by atoms with Gasteiger partial charge in [0, 0.05) is 24.1 Å². The highest BCUT2D eigenvalue weighted by Gasteiger charge is 2.07. The van der Waals surface area contributed by atoms with Crippen LogP contribution in [0.25, 0.3) is 0 Å². The van der Waals surface area contributed by atoms with Crippen LogP contribution in [0.2, 0.25) is 0 Å². The van der Waals surface area contributed by atoms with Crippen LogP contribution in [0.15, 0.2) is 29.4 Å². The number of benzene rings is 1. The molecule has 0 heterocycles. The van der Waals surface area contributed by atoms with Gasteiger partial charge in [-0.1, -0.05) is 31.9 Å². The second kappa shape index (κ2) is 8.04. The molecule has 0 radical (unpaired) electrons. The van der Waals surface area contributed by atoms with Gasteiger partial charge in [-0.05, 0) is 13.3 Å². The lowest BCUT2D eigenvalue weighted by Gasteiger charge is -2.03. The van der Waals surface area contributed by atoms with E-state index in [2.05, 4.69) is 17.5 Å². The van der Waals surface area contributed by atoms with Gasteiger partial charge in [-0.25, -0.2) is 5.43 Å². The number of unbranched alkanes of at least 4 members (excludes halogenated alkanes) is 2. The van der Waals surface area contributed by atoms with Crippen molar-refractivity contribution in [2.24, 2.45) is 5.10 Å². The van der Waals surface area contributed by atoms with Gasteiger partial charge in [0.25, 0.3) is 5.69 Å². The summed E-state index contributed by atoms with van der Waals surface area (Å²) in [5.41, 5.74) is 3.63. The minimum Gasteiger partial charge on any atom is -0.273 e. The van der Waals surface area contributed by atoms with E-state index in [1.165, 1.54) is 12.1 Å². The molecule has 108 valence electrons. The molecule has 1 amide bonds. The number of non-ortho nitro benzene ring substituents is 1. The lowest BCUT2D eigenvalue weighted by atomic mass is 10.1. The number of carbonyl (C=O) groups excluding carboxylic acids is 1. The molecule has 1 aromatic rings. The average molecular weight is 277 g/mol. The normalized spacial score (nSPS) is 11.2. The Balaban J connectivity index is 2.62. The highest BCUT2D eigenvalue weighted by Crippen LogP contribution is 2.13. The molecule has 0 atom stereocenters. The standard InChI is InChI=1S/C14H19N3O3/c1-3-4-5-9-14(18)16-15-11(2)12-7-6-8-13(10-12)17(19)20/h6-8,10H,3-5,9H2,1-2H3,(H,16,18)/b15-11-. The highest BCUT2D eigenvalue weighted by molar-refractivity contribution is 5.99. The van der Waals surface area contributed by atoms with Gasteiger partial charge in [0.2, 0.25) is 5.91 Å². The lowest BCUT2D eigenvalue weighted by Crippen LogP contribution is -2.18. The predicted octanol–water partition coefficient (Wildman–Crippen LogP) is 3.02. The first-order valence-corrected chi connectivity index (χ1v) is 6.62. The fourth-order valence-corrected chi connectivity index (χ4v) is 1.65. The zero-order valence-electron chi connectivity index (χ0n) is 11.8. The molecule has 0 spiro atoms. The maximum Gasteiger partial charge on any atom is 0.270 e. The predicted molar refractivity (Wildman–Crippen MR) is 77.6 cm³/mol. The largest absolute Gasteiger partial charge is 0.273 e. The van der Waals surface area contributed by atoms with E-state index < -0.39 is 4.92 Å². The van der Waals surface area contributed by atoms with Crippen LogP contribution in [0.3, 0.4) is 0 Å². The van der Waals surface area contributed by atoms with E-state index in [1.54, 1.807) is 19.1 Å². The molecular formula is C14H19N3O3. The van der Waals surface area contributed by atoms with Crippen LogP contribution in [0.4, 0.5) is 5.69 Å². The van der Waals surface area contributed by atoms with Crippen molar-refractivity contribution in [3.05, 3.63) is 39.9 Å².